The Kier molecular flexibility index (Phi) is 4.46. The second-order valence-corrected chi connectivity index (χ2v) is 5.29. The Morgan fingerprint density at radius 3 is 2.20 bits per heavy atom. The lowest BCUT2D eigenvalue weighted by Gasteiger charge is -2.21. The molecule has 0 aliphatic carbocycles. The highest BCUT2D eigenvalue weighted by Crippen LogP contribution is 2.28. The van der Waals surface area contributed by atoms with Gasteiger partial charge in [-0.1, -0.05) is 24.3 Å². The van der Waals surface area contributed by atoms with E-state index in [2.05, 4.69) is 56.4 Å². The topological polar surface area (TPSA) is 21.3 Å². The van der Waals surface area contributed by atoms with Crippen LogP contribution in [0.3, 0.4) is 0 Å². The highest BCUT2D eigenvalue weighted by molar-refractivity contribution is 5.42. The minimum Gasteiger partial charge on any atom is -0.497 e. The van der Waals surface area contributed by atoms with Crippen molar-refractivity contribution in [1.29, 1.82) is 0 Å². The van der Waals surface area contributed by atoms with E-state index in [1.165, 1.54) is 27.8 Å². The summed E-state index contributed by atoms with van der Waals surface area (Å²) >= 11 is 0. The minimum absolute atomic E-state index is 0.209. The molecule has 0 heterocycles. The van der Waals surface area contributed by atoms with Crippen LogP contribution in [0.1, 0.15) is 33.9 Å². The SMILES string of the molecule is CNC(c1ccc(C)c(C)c1)c1ccc(OC)cc1C. The molecule has 2 nitrogen and oxygen atoms in total. The van der Waals surface area contributed by atoms with E-state index in [0.29, 0.717) is 0 Å². The smallest absolute Gasteiger partial charge is 0.119 e. The lowest BCUT2D eigenvalue weighted by Crippen LogP contribution is -2.19. The van der Waals surface area contributed by atoms with Gasteiger partial charge in [-0.3, -0.25) is 0 Å². The van der Waals surface area contributed by atoms with Gasteiger partial charge in [0.2, 0.25) is 0 Å². The van der Waals surface area contributed by atoms with Gasteiger partial charge in [0.05, 0.1) is 13.2 Å². The number of rotatable bonds is 4. The predicted octanol–water partition coefficient (Wildman–Crippen LogP) is 3.93. The molecule has 0 bridgehead atoms. The summed E-state index contributed by atoms with van der Waals surface area (Å²) in [6, 6.07) is 13.1. The first-order valence-electron chi connectivity index (χ1n) is 6.95. The molecular formula is C18H23NO. The molecule has 2 aromatic carbocycles. The first kappa shape index (κ1) is 14.6. The maximum absolute atomic E-state index is 5.28. The normalized spacial score (nSPS) is 12.2. The summed E-state index contributed by atoms with van der Waals surface area (Å²) in [5.74, 6) is 0.904. The van der Waals surface area contributed by atoms with Crippen LogP contribution in [-0.4, -0.2) is 14.2 Å². The fraction of sp³-hybridized carbons (Fsp3) is 0.333. The number of methoxy groups -OCH3 is 1. The average Bonchev–Trinajstić information content (AvgIpc) is 2.45. The number of benzene rings is 2. The van der Waals surface area contributed by atoms with Gasteiger partial charge in [-0.2, -0.15) is 0 Å². The molecule has 0 aliphatic heterocycles. The van der Waals surface area contributed by atoms with Gasteiger partial charge in [0, 0.05) is 0 Å². The van der Waals surface area contributed by atoms with E-state index in [1.54, 1.807) is 7.11 Å². The Hall–Kier alpha value is -1.80. The first-order chi connectivity index (χ1) is 9.56. The maximum Gasteiger partial charge on any atom is 0.119 e. The Labute approximate surface area is 121 Å². The van der Waals surface area contributed by atoms with Gasteiger partial charge in [0.1, 0.15) is 5.75 Å². The fourth-order valence-electron chi connectivity index (χ4n) is 2.54. The summed E-state index contributed by atoms with van der Waals surface area (Å²) < 4.78 is 5.28. The van der Waals surface area contributed by atoms with Crippen LogP contribution in [0.25, 0.3) is 0 Å². The standard InChI is InChI=1S/C18H23NO/c1-12-6-7-15(10-13(12)2)18(19-4)17-9-8-16(20-5)11-14(17)3/h6-11,18-19H,1-5H3. The van der Waals surface area contributed by atoms with Crippen molar-refractivity contribution in [1.82, 2.24) is 5.32 Å². The number of aryl methyl sites for hydroxylation is 3. The quantitative estimate of drug-likeness (QED) is 0.908. The second kappa shape index (κ2) is 6.10. The van der Waals surface area contributed by atoms with Gasteiger partial charge in [-0.15, -0.1) is 0 Å². The van der Waals surface area contributed by atoms with Gasteiger partial charge < -0.3 is 10.1 Å². The molecule has 1 atom stereocenters. The molecule has 106 valence electrons. The zero-order chi connectivity index (χ0) is 14.7. The van der Waals surface area contributed by atoms with Crippen molar-refractivity contribution in [2.24, 2.45) is 0 Å². The van der Waals surface area contributed by atoms with Crippen molar-refractivity contribution >= 4 is 0 Å². The molecule has 0 aromatic heterocycles. The van der Waals surface area contributed by atoms with Gasteiger partial charge in [0.15, 0.2) is 0 Å². The zero-order valence-electron chi connectivity index (χ0n) is 12.9. The predicted molar refractivity (Wildman–Crippen MR) is 84.5 cm³/mol. The molecule has 0 saturated carbocycles. The Bertz CT molecular complexity index is 604. The molecule has 1 unspecified atom stereocenters. The van der Waals surface area contributed by atoms with Gasteiger partial charge in [0.25, 0.3) is 0 Å². The van der Waals surface area contributed by atoms with E-state index in [0.717, 1.165) is 5.75 Å². The third-order valence-corrected chi connectivity index (χ3v) is 3.94. The molecule has 1 N–H and O–H groups in total. The lowest BCUT2D eigenvalue weighted by molar-refractivity contribution is 0.414. The fourth-order valence-corrected chi connectivity index (χ4v) is 2.54. The zero-order valence-corrected chi connectivity index (χ0v) is 12.9. The van der Waals surface area contributed by atoms with Crippen LogP contribution in [0.2, 0.25) is 0 Å². The highest BCUT2D eigenvalue weighted by atomic mass is 16.5. The van der Waals surface area contributed by atoms with Gasteiger partial charge in [-0.25, -0.2) is 0 Å². The van der Waals surface area contributed by atoms with Gasteiger partial charge >= 0.3 is 0 Å². The minimum atomic E-state index is 0.209. The maximum atomic E-state index is 5.28. The summed E-state index contributed by atoms with van der Waals surface area (Å²) in [5, 5.41) is 3.42. The van der Waals surface area contributed by atoms with E-state index in [4.69, 9.17) is 4.74 Å². The van der Waals surface area contributed by atoms with Crippen molar-refractivity contribution < 1.29 is 4.74 Å². The van der Waals surface area contributed by atoms with E-state index in [9.17, 15) is 0 Å². The van der Waals surface area contributed by atoms with Gasteiger partial charge in [-0.05, 0) is 67.8 Å². The van der Waals surface area contributed by atoms with Crippen molar-refractivity contribution in [2.45, 2.75) is 26.8 Å². The molecule has 0 aliphatic rings. The first-order valence-corrected chi connectivity index (χ1v) is 6.95. The van der Waals surface area contributed by atoms with Crippen LogP contribution in [0.5, 0.6) is 5.75 Å². The monoisotopic (exact) mass is 269 g/mol. The number of hydrogen-bond donors (Lipinski definition) is 1. The van der Waals surface area contributed by atoms with E-state index >= 15 is 0 Å². The average molecular weight is 269 g/mol. The van der Waals surface area contributed by atoms with Crippen molar-refractivity contribution in [3.63, 3.8) is 0 Å². The molecule has 0 saturated heterocycles. The number of ether oxygens (including phenoxy) is 1. The summed E-state index contributed by atoms with van der Waals surface area (Å²) in [6.07, 6.45) is 0. The molecule has 0 radical (unpaired) electrons. The molecule has 2 aromatic rings. The van der Waals surface area contributed by atoms with Crippen molar-refractivity contribution in [3.05, 3.63) is 64.2 Å². The van der Waals surface area contributed by atoms with Crippen LogP contribution in [0, 0.1) is 20.8 Å². The number of nitrogens with one attached hydrogen (secondary N) is 1. The lowest BCUT2D eigenvalue weighted by atomic mass is 9.93. The van der Waals surface area contributed by atoms with Crippen molar-refractivity contribution in [3.8, 4) is 5.75 Å². The molecule has 2 rings (SSSR count). The Balaban J connectivity index is 2.43. The summed E-state index contributed by atoms with van der Waals surface area (Å²) in [5.41, 5.74) is 6.48. The third kappa shape index (κ3) is 2.86. The number of hydrogen-bond acceptors (Lipinski definition) is 2. The molecule has 0 amide bonds. The molecule has 2 heteroatoms. The largest absolute Gasteiger partial charge is 0.497 e. The second-order valence-electron chi connectivity index (χ2n) is 5.29. The molecule has 0 spiro atoms. The van der Waals surface area contributed by atoms with E-state index in [1.807, 2.05) is 13.1 Å². The third-order valence-electron chi connectivity index (χ3n) is 3.94. The van der Waals surface area contributed by atoms with Crippen molar-refractivity contribution in [2.75, 3.05) is 14.2 Å². The van der Waals surface area contributed by atoms with Crippen LogP contribution < -0.4 is 10.1 Å². The van der Waals surface area contributed by atoms with E-state index in [-0.39, 0.29) is 6.04 Å². The van der Waals surface area contributed by atoms with E-state index < -0.39 is 0 Å². The summed E-state index contributed by atoms with van der Waals surface area (Å²) in [7, 11) is 3.71. The summed E-state index contributed by atoms with van der Waals surface area (Å²) in [6.45, 7) is 6.43. The molecular weight excluding hydrogens is 246 g/mol. The van der Waals surface area contributed by atoms with Crippen LogP contribution in [0.4, 0.5) is 0 Å². The van der Waals surface area contributed by atoms with Crippen LogP contribution in [-0.2, 0) is 0 Å². The van der Waals surface area contributed by atoms with Crippen LogP contribution >= 0.6 is 0 Å². The Morgan fingerprint density at radius 1 is 0.900 bits per heavy atom. The highest BCUT2D eigenvalue weighted by Gasteiger charge is 2.15. The molecule has 20 heavy (non-hydrogen) atoms. The Morgan fingerprint density at radius 2 is 1.65 bits per heavy atom. The summed E-state index contributed by atoms with van der Waals surface area (Å²) in [4.78, 5) is 0. The molecule has 0 fully saturated rings. The van der Waals surface area contributed by atoms with Crippen LogP contribution in [0.15, 0.2) is 36.4 Å².